The van der Waals surface area contributed by atoms with E-state index in [9.17, 15) is 10.1 Å². The Morgan fingerprint density at radius 2 is 1.97 bits per heavy atom. The van der Waals surface area contributed by atoms with Gasteiger partial charge in [0.15, 0.2) is 5.65 Å². The third-order valence-electron chi connectivity index (χ3n) is 6.31. The molecule has 0 saturated heterocycles. The highest BCUT2D eigenvalue weighted by molar-refractivity contribution is 6.31. The zero-order valence-electron chi connectivity index (χ0n) is 21.4. The summed E-state index contributed by atoms with van der Waals surface area (Å²) in [6.45, 7) is 4.99. The molecule has 0 aliphatic carbocycles. The lowest BCUT2D eigenvalue weighted by Crippen LogP contribution is -2.28. The summed E-state index contributed by atoms with van der Waals surface area (Å²) in [4.78, 5) is 23.9. The topological polar surface area (TPSA) is 97.6 Å². The van der Waals surface area contributed by atoms with Crippen LogP contribution < -0.4 is 10.6 Å². The monoisotopic (exact) mass is 514 g/mol. The van der Waals surface area contributed by atoms with Crippen LogP contribution >= 0.6 is 11.6 Å². The molecule has 0 fully saturated rings. The quantitative estimate of drug-likeness (QED) is 0.332. The van der Waals surface area contributed by atoms with Gasteiger partial charge in [-0.05, 0) is 41.8 Å². The van der Waals surface area contributed by atoms with E-state index in [1.165, 1.54) is 0 Å². The van der Waals surface area contributed by atoms with E-state index in [1.807, 2.05) is 65.6 Å². The summed E-state index contributed by atoms with van der Waals surface area (Å²) in [5.74, 6) is 0.747. The summed E-state index contributed by atoms with van der Waals surface area (Å²) >= 11 is 6.33. The Bertz CT molecular complexity index is 1750. The van der Waals surface area contributed by atoms with Crippen LogP contribution in [-0.2, 0) is 20.1 Å². The Labute approximate surface area is 219 Å². The van der Waals surface area contributed by atoms with E-state index in [1.54, 1.807) is 17.0 Å². The van der Waals surface area contributed by atoms with E-state index < -0.39 is 0 Å². The summed E-state index contributed by atoms with van der Waals surface area (Å²) in [6.07, 6.45) is 3.55. The lowest BCUT2D eigenvalue weighted by molar-refractivity contribution is 0.511. The zero-order chi connectivity index (χ0) is 26.4. The fraction of sp³-hybridized carbons (Fsp3) is 0.296. The number of hydrogen-bond acceptors (Lipinski definition) is 6. The van der Waals surface area contributed by atoms with Crippen molar-refractivity contribution in [1.82, 2.24) is 28.9 Å². The molecule has 0 aliphatic rings. The molecule has 9 nitrogen and oxygen atoms in total. The minimum atomic E-state index is -0.341. The van der Waals surface area contributed by atoms with Gasteiger partial charge in [-0.25, -0.2) is 4.79 Å². The first-order valence-corrected chi connectivity index (χ1v) is 12.3. The lowest BCUT2D eigenvalue weighted by Gasteiger charge is -2.16. The smallest absolute Gasteiger partial charge is 0.351 e. The van der Waals surface area contributed by atoms with Crippen LogP contribution in [0.1, 0.15) is 25.0 Å². The van der Waals surface area contributed by atoms with Gasteiger partial charge in [-0.3, -0.25) is 14.2 Å². The van der Waals surface area contributed by atoms with Gasteiger partial charge in [-0.1, -0.05) is 25.4 Å². The molecule has 0 aliphatic heterocycles. The van der Waals surface area contributed by atoms with Gasteiger partial charge in [0, 0.05) is 50.5 Å². The van der Waals surface area contributed by atoms with E-state index in [0.29, 0.717) is 35.1 Å². The average Bonchev–Trinajstić information content (AvgIpc) is 3.40. The van der Waals surface area contributed by atoms with E-state index in [0.717, 1.165) is 33.2 Å². The number of nitriles is 1. The third-order valence-corrected chi connectivity index (χ3v) is 6.54. The number of benzene rings is 1. The molecular weight excluding hydrogens is 488 g/mol. The van der Waals surface area contributed by atoms with Crippen molar-refractivity contribution >= 4 is 39.4 Å². The number of anilines is 1. The fourth-order valence-electron chi connectivity index (χ4n) is 4.71. The molecule has 188 valence electrons. The molecule has 0 amide bonds. The van der Waals surface area contributed by atoms with E-state index in [4.69, 9.17) is 16.7 Å². The molecule has 0 bridgehead atoms. The van der Waals surface area contributed by atoms with Gasteiger partial charge in [0.25, 0.3) is 0 Å². The Morgan fingerprint density at radius 1 is 1.19 bits per heavy atom. The summed E-state index contributed by atoms with van der Waals surface area (Å²) in [5, 5.41) is 16.9. The lowest BCUT2D eigenvalue weighted by atomic mass is 10.1. The minimum absolute atomic E-state index is 0.216. The predicted octanol–water partition coefficient (Wildman–Crippen LogP) is 4.44. The molecule has 5 aromatic rings. The molecule has 1 aromatic carbocycles. The van der Waals surface area contributed by atoms with Crippen molar-refractivity contribution in [3.8, 4) is 17.5 Å². The molecule has 0 spiro atoms. The standard InChI is InChI=1S/C27H27ClN8O/c1-16(2)13-35-26-23(25(33(3)4)31-27(35)37)24(22-10-17(12-29)14-34(22)5)36(32-26)15-18-8-9-30-21-7-6-19(28)11-20(18)21/h6-11,14,16H,13,15H2,1-5H3. The van der Waals surface area contributed by atoms with Crippen LogP contribution in [0.15, 0.2) is 47.5 Å². The number of pyridine rings is 1. The summed E-state index contributed by atoms with van der Waals surface area (Å²) in [5.41, 5.74) is 4.14. The van der Waals surface area contributed by atoms with Crippen molar-refractivity contribution in [2.45, 2.75) is 26.9 Å². The van der Waals surface area contributed by atoms with Crippen molar-refractivity contribution < 1.29 is 0 Å². The summed E-state index contributed by atoms with van der Waals surface area (Å²) in [6, 6.07) is 11.6. The molecule has 4 heterocycles. The van der Waals surface area contributed by atoms with Gasteiger partial charge < -0.3 is 9.47 Å². The summed E-state index contributed by atoms with van der Waals surface area (Å²) < 4.78 is 5.44. The minimum Gasteiger partial charge on any atom is -0.362 e. The van der Waals surface area contributed by atoms with Crippen molar-refractivity contribution in [1.29, 1.82) is 5.26 Å². The van der Waals surface area contributed by atoms with Gasteiger partial charge in [0.2, 0.25) is 0 Å². The molecular formula is C27H27ClN8O. The number of aromatic nitrogens is 6. The van der Waals surface area contributed by atoms with Crippen LogP contribution in [0.4, 0.5) is 5.82 Å². The van der Waals surface area contributed by atoms with Crippen molar-refractivity contribution in [2.75, 3.05) is 19.0 Å². The Morgan fingerprint density at radius 3 is 2.65 bits per heavy atom. The van der Waals surface area contributed by atoms with Crippen molar-refractivity contribution in [3.05, 3.63) is 69.4 Å². The second-order valence-corrected chi connectivity index (χ2v) is 10.2. The molecule has 0 saturated carbocycles. The maximum Gasteiger partial charge on any atom is 0.351 e. The third kappa shape index (κ3) is 4.34. The second kappa shape index (κ2) is 9.37. The maximum atomic E-state index is 13.1. The van der Waals surface area contributed by atoms with Crippen LogP contribution in [0.5, 0.6) is 0 Å². The van der Waals surface area contributed by atoms with Gasteiger partial charge >= 0.3 is 5.69 Å². The number of fused-ring (bicyclic) bond motifs is 2. The van der Waals surface area contributed by atoms with Crippen LogP contribution in [-0.4, -0.2) is 43.0 Å². The molecule has 0 radical (unpaired) electrons. The number of aryl methyl sites for hydroxylation is 1. The number of rotatable bonds is 6. The Kier molecular flexibility index (Phi) is 6.21. The normalized spacial score (nSPS) is 11.5. The molecule has 0 atom stereocenters. The summed E-state index contributed by atoms with van der Waals surface area (Å²) in [7, 11) is 5.62. The molecule has 37 heavy (non-hydrogen) atoms. The number of nitrogens with zero attached hydrogens (tertiary/aromatic N) is 8. The number of hydrogen-bond donors (Lipinski definition) is 0. The second-order valence-electron chi connectivity index (χ2n) is 9.79. The maximum absolute atomic E-state index is 13.1. The van der Waals surface area contributed by atoms with Crippen molar-refractivity contribution in [3.63, 3.8) is 0 Å². The van der Waals surface area contributed by atoms with Crippen LogP contribution in [0, 0.1) is 17.2 Å². The zero-order valence-corrected chi connectivity index (χ0v) is 22.2. The SMILES string of the molecule is CC(C)Cn1c(=O)nc(N(C)C)c2c(-c3cc(C#N)cn3C)n(Cc3ccnc4ccc(Cl)cc34)nc21. The van der Waals surface area contributed by atoms with E-state index in [-0.39, 0.29) is 11.6 Å². The first-order chi connectivity index (χ1) is 17.7. The largest absolute Gasteiger partial charge is 0.362 e. The van der Waals surface area contributed by atoms with Crippen LogP contribution in [0.3, 0.4) is 0 Å². The molecule has 4 aromatic heterocycles. The van der Waals surface area contributed by atoms with E-state index in [2.05, 4.69) is 29.9 Å². The molecule has 10 heteroatoms. The highest BCUT2D eigenvalue weighted by atomic mass is 35.5. The molecule has 0 N–H and O–H groups in total. The van der Waals surface area contributed by atoms with Gasteiger partial charge in [0.05, 0.1) is 34.4 Å². The first kappa shape index (κ1) is 24.5. The van der Waals surface area contributed by atoms with E-state index >= 15 is 0 Å². The van der Waals surface area contributed by atoms with Crippen LogP contribution in [0.2, 0.25) is 5.02 Å². The van der Waals surface area contributed by atoms with Gasteiger partial charge in [0.1, 0.15) is 11.9 Å². The fourth-order valence-corrected chi connectivity index (χ4v) is 4.88. The Hall–Kier alpha value is -4.16. The first-order valence-electron chi connectivity index (χ1n) is 12.0. The van der Waals surface area contributed by atoms with Crippen LogP contribution in [0.25, 0.3) is 33.3 Å². The molecule has 5 rings (SSSR count). The predicted molar refractivity (Wildman–Crippen MR) is 146 cm³/mol. The van der Waals surface area contributed by atoms with Gasteiger partial charge in [-0.2, -0.15) is 15.3 Å². The Balaban J connectivity index is 1.87. The molecule has 0 unspecified atom stereocenters. The number of halogens is 1. The highest BCUT2D eigenvalue weighted by Gasteiger charge is 2.25. The highest BCUT2D eigenvalue weighted by Crippen LogP contribution is 2.35. The van der Waals surface area contributed by atoms with Gasteiger partial charge in [-0.15, -0.1) is 0 Å². The average molecular weight is 515 g/mol. The van der Waals surface area contributed by atoms with Crippen molar-refractivity contribution in [2.24, 2.45) is 13.0 Å².